The van der Waals surface area contributed by atoms with Gasteiger partial charge >= 0.3 is 5.97 Å². The molecule has 0 aliphatic rings. The zero-order chi connectivity index (χ0) is 12.4. The molecule has 1 aromatic carbocycles. The van der Waals surface area contributed by atoms with Crippen LogP contribution in [0.5, 0.6) is 0 Å². The molecule has 86 valence electrons. The molecule has 1 N–H and O–H groups in total. The fourth-order valence-corrected chi connectivity index (χ4v) is 1.83. The normalized spacial score (nSPS) is 10.2. The van der Waals surface area contributed by atoms with Crippen LogP contribution in [0.2, 0.25) is 5.02 Å². The summed E-state index contributed by atoms with van der Waals surface area (Å²) in [6.45, 7) is 1.86. The third-order valence-electron chi connectivity index (χ3n) is 2.42. The van der Waals surface area contributed by atoms with Crippen LogP contribution >= 0.6 is 11.6 Å². The largest absolute Gasteiger partial charge is 0.478 e. The van der Waals surface area contributed by atoms with Gasteiger partial charge in [-0.25, -0.2) is 4.79 Å². The number of carbonyl (C=O) groups is 1. The Bertz CT molecular complexity index is 581. The van der Waals surface area contributed by atoms with E-state index >= 15 is 0 Å². The van der Waals surface area contributed by atoms with Crippen molar-refractivity contribution in [3.05, 3.63) is 52.8 Å². The van der Waals surface area contributed by atoms with Crippen LogP contribution in [0.15, 0.2) is 36.5 Å². The molecule has 17 heavy (non-hydrogen) atoms. The molecule has 1 aromatic heterocycles. The number of aromatic carboxylic acids is 1. The minimum absolute atomic E-state index is 0.236. The van der Waals surface area contributed by atoms with Gasteiger partial charge in [0.1, 0.15) is 0 Å². The van der Waals surface area contributed by atoms with Gasteiger partial charge in [0, 0.05) is 16.9 Å². The van der Waals surface area contributed by atoms with Gasteiger partial charge in [0.2, 0.25) is 0 Å². The smallest absolute Gasteiger partial charge is 0.336 e. The number of hydrogen-bond donors (Lipinski definition) is 1. The number of hydrogen-bond acceptors (Lipinski definition) is 2. The Hall–Kier alpha value is -1.87. The third kappa shape index (κ3) is 2.45. The molecule has 0 aliphatic heterocycles. The quantitative estimate of drug-likeness (QED) is 0.885. The molecule has 0 saturated heterocycles. The molecule has 0 spiro atoms. The first-order valence-electron chi connectivity index (χ1n) is 5.04. The number of nitrogens with zero attached hydrogens (tertiary/aromatic N) is 1. The topological polar surface area (TPSA) is 50.2 Å². The lowest BCUT2D eigenvalue weighted by molar-refractivity contribution is 0.0698. The number of rotatable bonds is 2. The Morgan fingerprint density at radius 2 is 2.06 bits per heavy atom. The molecule has 2 aromatic rings. The number of carboxylic acid groups (broad SMARTS) is 1. The Balaban J connectivity index is 2.65. The van der Waals surface area contributed by atoms with Crippen LogP contribution in [0.1, 0.15) is 16.1 Å². The van der Waals surface area contributed by atoms with Gasteiger partial charge in [-0.1, -0.05) is 11.6 Å². The van der Waals surface area contributed by atoms with Crippen LogP contribution in [-0.4, -0.2) is 16.1 Å². The Morgan fingerprint density at radius 3 is 2.71 bits per heavy atom. The first-order chi connectivity index (χ1) is 8.08. The van der Waals surface area contributed by atoms with Gasteiger partial charge in [0.05, 0.1) is 5.56 Å². The van der Waals surface area contributed by atoms with Crippen molar-refractivity contribution in [2.24, 2.45) is 0 Å². The lowest BCUT2D eigenvalue weighted by Gasteiger charge is -2.07. The molecule has 0 amide bonds. The first kappa shape index (κ1) is 11.6. The first-order valence-corrected chi connectivity index (χ1v) is 5.41. The van der Waals surface area contributed by atoms with E-state index in [0.717, 1.165) is 11.3 Å². The molecule has 2 rings (SSSR count). The summed E-state index contributed by atoms with van der Waals surface area (Å²) < 4.78 is 0. The standard InChI is InChI=1S/C13H10ClNO2/c1-8-6-9(4-5-15-8)12-7-10(14)2-3-11(12)13(16)17/h2-7H,1H3,(H,16,17). The average molecular weight is 248 g/mol. The maximum atomic E-state index is 11.1. The molecular weight excluding hydrogens is 238 g/mol. The summed E-state index contributed by atoms with van der Waals surface area (Å²) in [4.78, 5) is 15.2. The summed E-state index contributed by atoms with van der Waals surface area (Å²) in [5.74, 6) is -0.967. The molecule has 0 unspecified atom stereocenters. The number of benzene rings is 1. The van der Waals surface area contributed by atoms with E-state index in [0.29, 0.717) is 10.6 Å². The van der Waals surface area contributed by atoms with Crippen molar-refractivity contribution in [1.29, 1.82) is 0 Å². The highest BCUT2D eigenvalue weighted by Gasteiger charge is 2.12. The lowest BCUT2D eigenvalue weighted by Crippen LogP contribution is -1.99. The van der Waals surface area contributed by atoms with E-state index in [1.807, 2.05) is 13.0 Å². The van der Waals surface area contributed by atoms with Crippen LogP contribution in [0, 0.1) is 6.92 Å². The summed E-state index contributed by atoms with van der Waals surface area (Å²) >= 11 is 5.90. The minimum atomic E-state index is -0.967. The molecule has 0 atom stereocenters. The Labute approximate surface area is 104 Å². The van der Waals surface area contributed by atoms with Crippen molar-refractivity contribution in [3.63, 3.8) is 0 Å². The predicted octanol–water partition coefficient (Wildman–Crippen LogP) is 3.41. The van der Waals surface area contributed by atoms with Crippen molar-refractivity contribution in [2.75, 3.05) is 0 Å². The van der Waals surface area contributed by atoms with Crippen molar-refractivity contribution in [3.8, 4) is 11.1 Å². The number of halogens is 1. The second kappa shape index (κ2) is 4.55. The van der Waals surface area contributed by atoms with Gasteiger partial charge in [-0.3, -0.25) is 4.98 Å². The Kier molecular flexibility index (Phi) is 3.11. The molecule has 0 saturated carbocycles. The van der Waals surface area contributed by atoms with E-state index in [-0.39, 0.29) is 5.56 Å². The summed E-state index contributed by atoms with van der Waals surface area (Å²) in [6, 6.07) is 8.33. The minimum Gasteiger partial charge on any atom is -0.478 e. The highest BCUT2D eigenvalue weighted by molar-refractivity contribution is 6.31. The zero-order valence-electron chi connectivity index (χ0n) is 9.14. The van der Waals surface area contributed by atoms with Gasteiger partial charge in [0.15, 0.2) is 0 Å². The average Bonchev–Trinajstić information content (AvgIpc) is 2.28. The van der Waals surface area contributed by atoms with Crippen LogP contribution in [0.3, 0.4) is 0 Å². The van der Waals surface area contributed by atoms with Crippen LogP contribution in [0.25, 0.3) is 11.1 Å². The highest BCUT2D eigenvalue weighted by atomic mass is 35.5. The number of aryl methyl sites for hydroxylation is 1. The Morgan fingerprint density at radius 1 is 1.29 bits per heavy atom. The van der Waals surface area contributed by atoms with Gasteiger partial charge in [-0.05, 0) is 48.4 Å². The van der Waals surface area contributed by atoms with Crippen molar-refractivity contribution >= 4 is 17.6 Å². The van der Waals surface area contributed by atoms with Crippen molar-refractivity contribution < 1.29 is 9.90 Å². The monoisotopic (exact) mass is 247 g/mol. The van der Waals surface area contributed by atoms with Crippen LogP contribution in [0.4, 0.5) is 0 Å². The molecule has 4 heteroatoms. The van der Waals surface area contributed by atoms with E-state index in [2.05, 4.69) is 4.98 Å². The van der Waals surface area contributed by atoms with Gasteiger partial charge in [-0.15, -0.1) is 0 Å². The third-order valence-corrected chi connectivity index (χ3v) is 2.65. The van der Waals surface area contributed by atoms with Gasteiger partial charge in [-0.2, -0.15) is 0 Å². The van der Waals surface area contributed by atoms with Gasteiger partial charge in [0.25, 0.3) is 0 Å². The zero-order valence-corrected chi connectivity index (χ0v) is 9.90. The summed E-state index contributed by atoms with van der Waals surface area (Å²) in [6.07, 6.45) is 1.65. The number of carboxylic acids is 1. The summed E-state index contributed by atoms with van der Waals surface area (Å²) in [5.41, 5.74) is 2.48. The van der Waals surface area contributed by atoms with E-state index in [9.17, 15) is 4.79 Å². The highest BCUT2D eigenvalue weighted by Crippen LogP contribution is 2.27. The lowest BCUT2D eigenvalue weighted by atomic mass is 10.00. The van der Waals surface area contributed by atoms with E-state index in [4.69, 9.17) is 16.7 Å². The van der Waals surface area contributed by atoms with E-state index in [1.165, 1.54) is 6.07 Å². The molecule has 0 radical (unpaired) electrons. The molecule has 3 nitrogen and oxygen atoms in total. The maximum Gasteiger partial charge on any atom is 0.336 e. The maximum absolute atomic E-state index is 11.1. The molecule has 0 fully saturated rings. The number of aromatic nitrogens is 1. The predicted molar refractivity (Wildman–Crippen MR) is 66.4 cm³/mol. The molecule has 0 aliphatic carbocycles. The second-order valence-electron chi connectivity index (χ2n) is 3.68. The van der Waals surface area contributed by atoms with Gasteiger partial charge < -0.3 is 5.11 Å². The van der Waals surface area contributed by atoms with E-state index in [1.54, 1.807) is 24.4 Å². The SMILES string of the molecule is Cc1cc(-c2cc(Cl)ccc2C(=O)O)ccn1. The molecule has 1 heterocycles. The molecule has 0 bridgehead atoms. The summed E-state index contributed by atoms with van der Waals surface area (Å²) in [5, 5.41) is 9.64. The van der Waals surface area contributed by atoms with Crippen LogP contribution in [-0.2, 0) is 0 Å². The van der Waals surface area contributed by atoms with E-state index < -0.39 is 5.97 Å². The number of pyridine rings is 1. The van der Waals surface area contributed by atoms with Crippen molar-refractivity contribution in [2.45, 2.75) is 6.92 Å². The fraction of sp³-hybridized carbons (Fsp3) is 0.0769. The van der Waals surface area contributed by atoms with Crippen LogP contribution < -0.4 is 0 Å². The summed E-state index contributed by atoms with van der Waals surface area (Å²) in [7, 11) is 0. The fourth-order valence-electron chi connectivity index (χ4n) is 1.65. The van der Waals surface area contributed by atoms with Crippen molar-refractivity contribution in [1.82, 2.24) is 4.98 Å². The second-order valence-corrected chi connectivity index (χ2v) is 4.12. The molecular formula is C13H10ClNO2.